The molecule has 0 spiro atoms. The molecule has 1 aromatic carbocycles. The zero-order chi connectivity index (χ0) is 13.0. The first-order chi connectivity index (χ1) is 8.70. The third kappa shape index (κ3) is 2.70. The molecule has 18 heavy (non-hydrogen) atoms. The van der Waals surface area contributed by atoms with E-state index in [9.17, 15) is 4.39 Å². The summed E-state index contributed by atoms with van der Waals surface area (Å²) in [6.45, 7) is 0.834. The van der Waals surface area contributed by atoms with Crippen LogP contribution in [0.5, 0.6) is 0 Å². The molecule has 0 atom stereocenters. The number of hydrogen-bond acceptors (Lipinski definition) is 4. The van der Waals surface area contributed by atoms with Gasteiger partial charge in [0.2, 0.25) is 0 Å². The summed E-state index contributed by atoms with van der Waals surface area (Å²) in [7, 11) is 1.84. The van der Waals surface area contributed by atoms with E-state index >= 15 is 0 Å². The van der Waals surface area contributed by atoms with Crippen LogP contribution < -0.4 is 5.32 Å². The number of aromatic nitrogens is 3. The maximum absolute atomic E-state index is 13.5. The Morgan fingerprint density at radius 2 is 2.28 bits per heavy atom. The van der Waals surface area contributed by atoms with Crippen LogP contribution in [0.25, 0.3) is 0 Å². The summed E-state index contributed by atoms with van der Waals surface area (Å²) < 4.78 is 15.3. The van der Waals surface area contributed by atoms with Gasteiger partial charge in [-0.3, -0.25) is 0 Å². The molecule has 92 valence electrons. The number of rotatable bonds is 4. The van der Waals surface area contributed by atoms with Gasteiger partial charge in [0.15, 0.2) is 0 Å². The lowest BCUT2D eigenvalue weighted by molar-refractivity contribution is 0.577. The van der Waals surface area contributed by atoms with Gasteiger partial charge in [-0.2, -0.15) is 5.26 Å². The van der Waals surface area contributed by atoms with Crippen LogP contribution in [0.1, 0.15) is 17.0 Å². The van der Waals surface area contributed by atoms with E-state index in [0.717, 1.165) is 5.82 Å². The van der Waals surface area contributed by atoms with E-state index in [4.69, 9.17) is 5.26 Å². The maximum atomic E-state index is 13.5. The summed E-state index contributed by atoms with van der Waals surface area (Å²) in [4.78, 5) is 0. The summed E-state index contributed by atoms with van der Waals surface area (Å²) >= 11 is 0. The van der Waals surface area contributed by atoms with Crippen LogP contribution in [0, 0.1) is 17.1 Å². The number of nitriles is 1. The molecule has 1 aromatic heterocycles. The molecule has 2 aromatic rings. The Labute approximate surface area is 104 Å². The van der Waals surface area contributed by atoms with Crippen LogP contribution in [-0.4, -0.2) is 14.8 Å². The van der Waals surface area contributed by atoms with Crippen LogP contribution in [-0.2, 0) is 20.1 Å². The molecule has 6 heteroatoms. The summed E-state index contributed by atoms with van der Waals surface area (Å²) in [6, 6.07) is 6.29. The van der Waals surface area contributed by atoms with Crippen molar-refractivity contribution in [2.24, 2.45) is 7.05 Å². The van der Waals surface area contributed by atoms with Crippen LogP contribution in [0.4, 0.5) is 4.39 Å². The predicted octanol–water partition coefficient (Wildman–Crippen LogP) is 1.12. The molecular weight excluding hydrogens is 233 g/mol. The van der Waals surface area contributed by atoms with Gasteiger partial charge in [0.1, 0.15) is 18.0 Å². The number of nitrogens with zero attached hydrogens (tertiary/aromatic N) is 4. The second-order valence-electron chi connectivity index (χ2n) is 3.88. The molecule has 0 aliphatic rings. The molecule has 1 N–H and O–H groups in total. The molecular formula is C12H12FN5. The lowest BCUT2D eigenvalue weighted by atomic mass is 10.1. The van der Waals surface area contributed by atoms with Gasteiger partial charge in [0.05, 0.1) is 18.2 Å². The van der Waals surface area contributed by atoms with Gasteiger partial charge in [-0.25, -0.2) is 4.39 Å². The SMILES string of the molecule is Cn1cnnc1CNCc1cc(C#N)ccc1F. The molecule has 0 amide bonds. The lowest BCUT2D eigenvalue weighted by Gasteiger charge is -2.06. The Balaban J connectivity index is 1.98. The highest BCUT2D eigenvalue weighted by Gasteiger charge is 2.04. The molecule has 5 nitrogen and oxygen atoms in total. The Hall–Kier alpha value is -2.26. The highest BCUT2D eigenvalue weighted by molar-refractivity contribution is 5.33. The highest BCUT2D eigenvalue weighted by atomic mass is 19.1. The summed E-state index contributed by atoms with van der Waals surface area (Å²) in [5, 5.41) is 19.5. The Bertz CT molecular complexity index is 584. The smallest absolute Gasteiger partial charge is 0.146 e. The first-order valence-corrected chi connectivity index (χ1v) is 5.43. The zero-order valence-corrected chi connectivity index (χ0v) is 9.89. The van der Waals surface area contributed by atoms with Crippen molar-refractivity contribution in [1.29, 1.82) is 5.26 Å². The average Bonchev–Trinajstić information content (AvgIpc) is 2.77. The molecule has 0 aliphatic heterocycles. The molecule has 0 radical (unpaired) electrons. The van der Waals surface area contributed by atoms with Crippen molar-refractivity contribution in [1.82, 2.24) is 20.1 Å². The van der Waals surface area contributed by atoms with E-state index < -0.39 is 0 Å². The van der Waals surface area contributed by atoms with Crippen molar-refractivity contribution in [3.8, 4) is 6.07 Å². The van der Waals surface area contributed by atoms with Crippen molar-refractivity contribution in [3.63, 3.8) is 0 Å². The summed E-state index contributed by atoms with van der Waals surface area (Å²) in [5.41, 5.74) is 0.920. The molecule has 1 heterocycles. The molecule has 2 rings (SSSR count). The predicted molar refractivity (Wildman–Crippen MR) is 62.7 cm³/mol. The number of hydrogen-bond donors (Lipinski definition) is 1. The number of nitrogens with one attached hydrogen (secondary N) is 1. The second-order valence-corrected chi connectivity index (χ2v) is 3.88. The van der Waals surface area contributed by atoms with Gasteiger partial charge >= 0.3 is 0 Å². The minimum atomic E-state index is -0.320. The maximum Gasteiger partial charge on any atom is 0.146 e. The van der Waals surface area contributed by atoms with E-state index in [-0.39, 0.29) is 5.82 Å². The van der Waals surface area contributed by atoms with Crippen molar-refractivity contribution >= 4 is 0 Å². The van der Waals surface area contributed by atoms with Crippen molar-refractivity contribution in [2.75, 3.05) is 0 Å². The van der Waals surface area contributed by atoms with Crippen LogP contribution in [0.3, 0.4) is 0 Å². The van der Waals surface area contributed by atoms with E-state index in [2.05, 4.69) is 15.5 Å². The largest absolute Gasteiger partial charge is 0.320 e. The Morgan fingerprint density at radius 1 is 1.44 bits per heavy atom. The first-order valence-electron chi connectivity index (χ1n) is 5.43. The van der Waals surface area contributed by atoms with Crippen molar-refractivity contribution < 1.29 is 4.39 Å². The van der Waals surface area contributed by atoms with E-state index in [1.54, 1.807) is 17.0 Å². The third-order valence-corrected chi connectivity index (χ3v) is 2.58. The van der Waals surface area contributed by atoms with Crippen LogP contribution >= 0.6 is 0 Å². The number of aryl methyl sites for hydroxylation is 1. The van der Waals surface area contributed by atoms with Gasteiger partial charge < -0.3 is 9.88 Å². The van der Waals surface area contributed by atoms with Crippen molar-refractivity contribution in [2.45, 2.75) is 13.1 Å². The molecule has 0 saturated carbocycles. The van der Waals surface area contributed by atoms with Gasteiger partial charge in [-0.05, 0) is 18.2 Å². The van der Waals surface area contributed by atoms with E-state index in [0.29, 0.717) is 24.2 Å². The molecule has 0 aliphatic carbocycles. The van der Waals surface area contributed by atoms with Crippen LogP contribution in [0.2, 0.25) is 0 Å². The fourth-order valence-corrected chi connectivity index (χ4v) is 1.56. The molecule has 0 unspecified atom stereocenters. The van der Waals surface area contributed by atoms with E-state index in [1.165, 1.54) is 12.1 Å². The fraction of sp³-hybridized carbons (Fsp3) is 0.250. The van der Waals surface area contributed by atoms with Gasteiger partial charge in [-0.15, -0.1) is 10.2 Å². The average molecular weight is 245 g/mol. The molecule has 0 bridgehead atoms. The minimum Gasteiger partial charge on any atom is -0.320 e. The Morgan fingerprint density at radius 3 is 2.94 bits per heavy atom. The molecule has 0 fully saturated rings. The highest BCUT2D eigenvalue weighted by Crippen LogP contribution is 2.09. The lowest BCUT2D eigenvalue weighted by Crippen LogP contribution is -2.16. The monoisotopic (exact) mass is 245 g/mol. The first kappa shape index (κ1) is 12.2. The topological polar surface area (TPSA) is 66.5 Å². The number of benzene rings is 1. The van der Waals surface area contributed by atoms with Crippen LogP contribution in [0.15, 0.2) is 24.5 Å². The number of halogens is 1. The summed E-state index contributed by atoms with van der Waals surface area (Å²) in [6.07, 6.45) is 1.61. The van der Waals surface area contributed by atoms with E-state index in [1.807, 2.05) is 13.1 Å². The van der Waals surface area contributed by atoms with Crippen molar-refractivity contribution in [3.05, 3.63) is 47.3 Å². The standard InChI is InChI=1S/C12H12FN5/c1-18-8-16-17-12(18)7-15-6-10-4-9(5-14)2-3-11(10)13/h2-4,8,15H,6-7H2,1H3. The van der Waals surface area contributed by atoms with Gasteiger partial charge in [-0.1, -0.05) is 0 Å². The normalized spacial score (nSPS) is 10.3. The quantitative estimate of drug-likeness (QED) is 0.876. The third-order valence-electron chi connectivity index (χ3n) is 2.58. The second kappa shape index (κ2) is 5.38. The van der Waals surface area contributed by atoms with Gasteiger partial charge in [0.25, 0.3) is 0 Å². The molecule has 0 saturated heterocycles. The Kier molecular flexibility index (Phi) is 3.65. The summed E-state index contributed by atoms with van der Waals surface area (Å²) in [5.74, 6) is 0.450. The zero-order valence-electron chi connectivity index (χ0n) is 9.89. The fourth-order valence-electron chi connectivity index (χ4n) is 1.56. The van der Waals surface area contributed by atoms with Gasteiger partial charge in [0, 0.05) is 19.2 Å². The minimum absolute atomic E-state index is 0.320.